The van der Waals surface area contributed by atoms with Crippen LogP contribution in [0.15, 0.2) is 35.7 Å². The molecule has 4 heteroatoms. The van der Waals surface area contributed by atoms with Gasteiger partial charge in [-0.25, -0.2) is 0 Å². The molecule has 1 N–H and O–H groups in total. The highest BCUT2D eigenvalue weighted by atomic mass is 35.5. The van der Waals surface area contributed by atoms with Crippen LogP contribution in [0.25, 0.3) is 0 Å². The highest BCUT2D eigenvalue weighted by molar-refractivity contribution is 7.09. The number of nitrogens with one attached hydrogen (secondary N) is 1. The van der Waals surface area contributed by atoms with Gasteiger partial charge in [-0.1, -0.05) is 12.1 Å². The lowest BCUT2D eigenvalue weighted by molar-refractivity contribution is 0.246. The van der Waals surface area contributed by atoms with Crippen molar-refractivity contribution in [3.05, 3.63) is 51.7 Å². The molecule has 0 saturated carbocycles. The minimum atomic E-state index is 0. The summed E-state index contributed by atoms with van der Waals surface area (Å²) in [6.07, 6.45) is 4.82. The summed E-state index contributed by atoms with van der Waals surface area (Å²) in [5.74, 6) is 1.55. The number of fused-ring (bicyclic) bond motifs is 1. The zero-order valence-corrected chi connectivity index (χ0v) is 14.6. The van der Waals surface area contributed by atoms with Gasteiger partial charge in [0.15, 0.2) is 0 Å². The van der Waals surface area contributed by atoms with E-state index in [1.54, 1.807) is 0 Å². The molecular weight excluding hydrogens is 314 g/mol. The first-order valence-electron chi connectivity index (χ1n) is 7.76. The van der Waals surface area contributed by atoms with E-state index < -0.39 is 0 Å². The summed E-state index contributed by atoms with van der Waals surface area (Å²) in [6.45, 7) is 1.76. The van der Waals surface area contributed by atoms with Crippen molar-refractivity contribution in [2.75, 3.05) is 20.2 Å². The summed E-state index contributed by atoms with van der Waals surface area (Å²) in [4.78, 5) is 1.44. The second-order valence-corrected chi connectivity index (χ2v) is 6.83. The number of thiophene rings is 1. The number of halogens is 1. The summed E-state index contributed by atoms with van der Waals surface area (Å²) >= 11 is 1.83. The molecule has 1 aromatic heterocycles. The molecular formula is C18H24ClNOS. The molecule has 1 aromatic carbocycles. The Kier molecular flexibility index (Phi) is 6.74. The Morgan fingerprint density at radius 1 is 1.23 bits per heavy atom. The van der Waals surface area contributed by atoms with E-state index in [1.165, 1.54) is 35.3 Å². The lowest BCUT2D eigenvalue weighted by atomic mass is 10.1. The van der Waals surface area contributed by atoms with Crippen LogP contribution in [0.1, 0.15) is 22.4 Å². The van der Waals surface area contributed by atoms with Crippen molar-refractivity contribution in [1.29, 1.82) is 0 Å². The maximum atomic E-state index is 6.06. The Labute approximate surface area is 143 Å². The fraction of sp³-hybridized carbons (Fsp3) is 0.444. The molecule has 0 saturated heterocycles. The molecule has 1 aliphatic rings. The molecule has 120 valence electrons. The van der Waals surface area contributed by atoms with Gasteiger partial charge in [0.2, 0.25) is 0 Å². The van der Waals surface area contributed by atoms with Gasteiger partial charge in [0, 0.05) is 17.3 Å². The molecule has 22 heavy (non-hydrogen) atoms. The van der Waals surface area contributed by atoms with Crippen molar-refractivity contribution in [2.24, 2.45) is 5.92 Å². The summed E-state index contributed by atoms with van der Waals surface area (Å²) < 4.78 is 6.06. The summed E-state index contributed by atoms with van der Waals surface area (Å²) in [5.41, 5.74) is 2.99. The van der Waals surface area contributed by atoms with E-state index in [-0.39, 0.29) is 12.4 Å². The smallest absolute Gasteiger partial charge is 0.119 e. The van der Waals surface area contributed by atoms with Crippen LogP contribution in [-0.4, -0.2) is 20.2 Å². The average Bonchev–Trinajstić information content (AvgIpc) is 3.15. The van der Waals surface area contributed by atoms with Crippen LogP contribution in [-0.2, 0) is 19.3 Å². The number of benzene rings is 1. The maximum absolute atomic E-state index is 6.06. The van der Waals surface area contributed by atoms with Gasteiger partial charge in [0.05, 0.1) is 6.61 Å². The van der Waals surface area contributed by atoms with Crippen molar-refractivity contribution in [1.82, 2.24) is 5.32 Å². The van der Waals surface area contributed by atoms with E-state index in [2.05, 4.69) is 41.0 Å². The second-order valence-electron chi connectivity index (χ2n) is 5.80. The van der Waals surface area contributed by atoms with Gasteiger partial charge in [-0.15, -0.1) is 23.7 Å². The van der Waals surface area contributed by atoms with E-state index >= 15 is 0 Å². The molecule has 0 aliphatic heterocycles. The van der Waals surface area contributed by atoms with Crippen molar-refractivity contribution in [3.8, 4) is 5.75 Å². The summed E-state index contributed by atoms with van der Waals surface area (Å²) in [6, 6.07) is 10.9. The van der Waals surface area contributed by atoms with Gasteiger partial charge in [0.25, 0.3) is 0 Å². The van der Waals surface area contributed by atoms with Crippen molar-refractivity contribution in [2.45, 2.75) is 25.7 Å². The Bertz CT molecular complexity index is 570. The van der Waals surface area contributed by atoms with Gasteiger partial charge in [-0.2, -0.15) is 0 Å². The summed E-state index contributed by atoms with van der Waals surface area (Å²) in [5, 5.41) is 5.43. The minimum Gasteiger partial charge on any atom is -0.493 e. The Morgan fingerprint density at radius 3 is 2.86 bits per heavy atom. The fourth-order valence-electron chi connectivity index (χ4n) is 3.04. The first-order valence-corrected chi connectivity index (χ1v) is 8.64. The average molecular weight is 338 g/mol. The van der Waals surface area contributed by atoms with Crippen LogP contribution in [0.2, 0.25) is 0 Å². The molecule has 2 nitrogen and oxygen atoms in total. The molecule has 1 heterocycles. The van der Waals surface area contributed by atoms with E-state index in [0.29, 0.717) is 5.92 Å². The molecule has 1 atom stereocenters. The van der Waals surface area contributed by atoms with E-state index in [0.717, 1.165) is 25.3 Å². The quantitative estimate of drug-likeness (QED) is 0.820. The van der Waals surface area contributed by atoms with Crippen LogP contribution < -0.4 is 10.1 Å². The SMILES string of the molecule is CNCC(COc1ccc2c(c1)CCC2)Cc1cccs1.Cl. The van der Waals surface area contributed by atoms with Gasteiger partial charge >= 0.3 is 0 Å². The van der Waals surface area contributed by atoms with Crippen LogP contribution >= 0.6 is 23.7 Å². The minimum absolute atomic E-state index is 0. The standard InChI is InChI=1S/C18H23NOS.ClH/c1-19-12-14(10-18-6-3-9-21-18)13-20-17-8-7-15-4-2-5-16(15)11-17;/h3,6-9,11,14,19H,2,4-5,10,12-13H2,1H3;1H. The zero-order chi connectivity index (χ0) is 14.5. The maximum Gasteiger partial charge on any atom is 0.119 e. The largest absolute Gasteiger partial charge is 0.493 e. The van der Waals surface area contributed by atoms with Gasteiger partial charge in [-0.05, 0) is 67.4 Å². The number of rotatable bonds is 7. The fourth-order valence-corrected chi connectivity index (χ4v) is 3.86. The molecule has 3 rings (SSSR count). The van der Waals surface area contributed by atoms with E-state index in [1.807, 2.05) is 18.4 Å². The lowest BCUT2D eigenvalue weighted by Gasteiger charge is -2.17. The van der Waals surface area contributed by atoms with Crippen LogP contribution in [0.4, 0.5) is 0 Å². The molecule has 1 unspecified atom stereocenters. The number of hydrogen-bond acceptors (Lipinski definition) is 3. The highest BCUT2D eigenvalue weighted by Crippen LogP contribution is 2.26. The third kappa shape index (κ3) is 4.48. The first-order chi connectivity index (χ1) is 10.3. The van der Waals surface area contributed by atoms with Crippen LogP contribution in [0, 0.1) is 5.92 Å². The molecule has 1 aliphatic carbocycles. The predicted octanol–water partition coefficient (Wildman–Crippen LogP) is 4.12. The van der Waals surface area contributed by atoms with Crippen molar-refractivity contribution >= 4 is 23.7 Å². The molecule has 0 bridgehead atoms. The molecule has 0 fully saturated rings. The van der Waals surface area contributed by atoms with Crippen molar-refractivity contribution < 1.29 is 4.74 Å². The van der Waals surface area contributed by atoms with Crippen LogP contribution in [0.3, 0.4) is 0 Å². The lowest BCUT2D eigenvalue weighted by Crippen LogP contribution is -2.26. The molecule has 0 amide bonds. The first kappa shape index (κ1) is 17.3. The monoisotopic (exact) mass is 337 g/mol. The Hall–Kier alpha value is -1.03. The third-order valence-corrected chi connectivity index (χ3v) is 5.02. The number of ether oxygens (including phenoxy) is 1. The second kappa shape index (κ2) is 8.56. The molecule has 0 radical (unpaired) electrons. The normalized spacial score (nSPS) is 14.2. The molecule has 2 aromatic rings. The Balaban J connectivity index is 0.00000176. The van der Waals surface area contributed by atoms with Gasteiger partial charge in [0.1, 0.15) is 5.75 Å². The van der Waals surface area contributed by atoms with Crippen LogP contribution in [0.5, 0.6) is 5.75 Å². The van der Waals surface area contributed by atoms with Crippen molar-refractivity contribution in [3.63, 3.8) is 0 Å². The zero-order valence-electron chi connectivity index (χ0n) is 13.0. The van der Waals surface area contributed by atoms with E-state index in [9.17, 15) is 0 Å². The van der Waals surface area contributed by atoms with Gasteiger partial charge in [-0.3, -0.25) is 0 Å². The predicted molar refractivity (Wildman–Crippen MR) is 96.6 cm³/mol. The number of hydrogen-bond donors (Lipinski definition) is 1. The number of aryl methyl sites for hydroxylation is 2. The Morgan fingerprint density at radius 2 is 2.09 bits per heavy atom. The van der Waals surface area contributed by atoms with E-state index in [4.69, 9.17) is 4.74 Å². The van der Waals surface area contributed by atoms with Gasteiger partial charge < -0.3 is 10.1 Å². The highest BCUT2D eigenvalue weighted by Gasteiger charge is 2.13. The molecule has 0 spiro atoms. The third-order valence-electron chi connectivity index (χ3n) is 4.12. The summed E-state index contributed by atoms with van der Waals surface area (Å²) in [7, 11) is 2.01. The topological polar surface area (TPSA) is 21.3 Å².